The average molecular weight is 311 g/mol. The molecule has 2 aromatic carbocycles. The zero-order valence-electron chi connectivity index (χ0n) is 14.6. The minimum atomic E-state index is 0.152. The monoisotopic (exact) mass is 311 g/mol. The fourth-order valence-electron chi connectivity index (χ4n) is 2.15. The summed E-state index contributed by atoms with van der Waals surface area (Å²) in [5.41, 5.74) is 5.32. The van der Waals surface area contributed by atoms with Gasteiger partial charge in [0, 0.05) is 5.56 Å². The van der Waals surface area contributed by atoms with Crippen LogP contribution in [0.15, 0.2) is 47.6 Å². The molecule has 0 radical (unpaired) electrons. The van der Waals surface area contributed by atoms with Gasteiger partial charge < -0.3 is 9.57 Å². The number of oxime groups is 1. The van der Waals surface area contributed by atoms with Crippen LogP contribution in [0, 0.1) is 13.8 Å². The Labute approximate surface area is 138 Å². The highest BCUT2D eigenvalue weighted by molar-refractivity contribution is 5.98. The Morgan fingerprint density at radius 2 is 1.74 bits per heavy atom. The molecule has 0 bridgehead atoms. The van der Waals surface area contributed by atoms with Crippen LogP contribution >= 0.6 is 0 Å². The van der Waals surface area contributed by atoms with Gasteiger partial charge in [0.05, 0.1) is 11.8 Å². The van der Waals surface area contributed by atoms with E-state index < -0.39 is 0 Å². The van der Waals surface area contributed by atoms with Crippen molar-refractivity contribution in [3.63, 3.8) is 0 Å². The third kappa shape index (κ3) is 5.13. The summed E-state index contributed by atoms with van der Waals surface area (Å²) in [6.07, 6.45) is 0.152. The summed E-state index contributed by atoms with van der Waals surface area (Å²) in [5, 5.41) is 4.22. The molecule has 0 unspecified atom stereocenters. The lowest BCUT2D eigenvalue weighted by Crippen LogP contribution is -2.07. The van der Waals surface area contributed by atoms with E-state index in [9.17, 15) is 0 Å². The standard InChI is InChI=1S/C20H25NO2/c1-14(2)23-20-12-19(11-8-16(20)4)17(5)21-22-13-18-9-6-15(3)7-10-18/h6-12,14H,13H2,1-5H3/b21-17+. The lowest BCUT2D eigenvalue weighted by Gasteiger charge is -2.13. The zero-order chi connectivity index (χ0) is 16.8. The number of benzene rings is 2. The van der Waals surface area contributed by atoms with Crippen molar-refractivity contribution >= 4 is 5.71 Å². The molecule has 0 fully saturated rings. The predicted molar refractivity (Wildman–Crippen MR) is 95.1 cm³/mol. The molecule has 2 rings (SSSR count). The topological polar surface area (TPSA) is 30.8 Å². The summed E-state index contributed by atoms with van der Waals surface area (Å²) in [6, 6.07) is 14.4. The smallest absolute Gasteiger partial charge is 0.142 e. The minimum absolute atomic E-state index is 0.152. The van der Waals surface area contributed by atoms with Gasteiger partial charge >= 0.3 is 0 Å². The van der Waals surface area contributed by atoms with Gasteiger partial charge in [-0.3, -0.25) is 0 Å². The van der Waals surface area contributed by atoms with E-state index in [0.29, 0.717) is 6.61 Å². The summed E-state index contributed by atoms with van der Waals surface area (Å²) in [7, 11) is 0. The summed E-state index contributed by atoms with van der Waals surface area (Å²) in [6.45, 7) is 10.6. The lowest BCUT2D eigenvalue weighted by atomic mass is 10.1. The molecule has 0 amide bonds. The SMILES string of the molecule is C/C(=N\OCc1ccc(C)cc1)c1ccc(C)c(OC(C)C)c1. The number of rotatable bonds is 6. The highest BCUT2D eigenvalue weighted by Gasteiger charge is 2.06. The first-order valence-corrected chi connectivity index (χ1v) is 7.95. The molecule has 0 spiro atoms. The molecule has 0 aliphatic rings. The van der Waals surface area contributed by atoms with Crippen LogP contribution in [-0.4, -0.2) is 11.8 Å². The van der Waals surface area contributed by atoms with Crippen LogP contribution in [0.3, 0.4) is 0 Å². The maximum absolute atomic E-state index is 5.82. The van der Waals surface area contributed by atoms with Crippen molar-refractivity contribution in [1.29, 1.82) is 0 Å². The molecule has 2 aromatic rings. The van der Waals surface area contributed by atoms with E-state index in [0.717, 1.165) is 28.2 Å². The van der Waals surface area contributed by atoms with E-state index in [1.54, 1.807) is 0 Å². The zero-order valence-corrected chi connectivity index (χ0v) is 14.6. The molecule has 0 N–H and O–H groups in total. The van der Waals surface area contributed by atoms with Crippen LogP contribution in [0.1, 0.15) is 43.0 Å². The van der Waals surface area contributed by atoms with Crippen molar-refractivity contribution in [2.75, 3.05) is 0 Å². The second-order valence-electron chi connectivity index (χ2n) is 6.08. The lowest BCUT2D eigenvalue weighted by molar-refractivity contribution is 0.130. The number of nitrogens with zero attached hydrogens (tertiary/aromatic N) is 1. The number of aryl methyl sites for hydroxylation is 2. The molecule has 0 atom stereocenters. The molecule has 122 valence electrons. The van der Waals surface area contributed by atoms with Gasteiger partial charge in [-0.15, -0.1) is 0 Å². The van der Waals surface area contributed by atoms with E-state index in [4.69, 9.17) is 9.57 Å². The molecule has 0 aromatic heterocycles. The molecule has 3 heteroatoms. The van der Waals surface area contributed by atoms with Gasteiger partial charge in [0.1, 0.15) is 12.4 Å². The molecule has 0 aliphatic carbocycles. The van der Waals surface area contributed by atoms with E-state index >= 15 is 0 Å². The second kappa shape index (κ2) is 7.82. The molecule has 3 nitrogen and oxygen atoms in total. The maximum atomic E-state index is 5.82. The fraction of sp³-hybridized carbons (Fsp3) is 0.350. The first-order chi connectivity index (χ1) is 11.0. The van der Waals surface area contributed by atoms with Crippen LogP contribution < -0.4 is 4.74 Å². The summed E-state index contributed by atoms with van der Waals surface area (Å²) >= 11 is 0. The summed E-state index contributed by atoms with van der Waals surface area (Å²) in [4.78, 5) is 5.47. The third-order valence-corrected chi connectivity index (χ3v) is 3.52. The van der Waals surface area contributed by atoms with Crippen LogP contribution in [0.25, 0.3) is 0 Å². The summed E-state index contributed by atoms with van der Waals surface area (Å²) in [5.74, 6) is 0.894. The Balaban J connectivity index is 2.04. The van der Waals surface area contributed by atoms with Gasteiger partial charge in [0.25, 0.3) is 0 Å². The Bertz CT molecular complexity index is 673. The van der Waals surface area contributed by atoms with Crippen LogP contribution in [0.4, 0.5) is 0 Å². The normalized spacial score (nSPS) is 11.7. The number of hydrogen-bond acceptors (Lipinski definition) is 3. The fourth-order valence-corrected chi connectivity index (χ4v) is 2.15. The predicted octanol–water partition coefficient (Wildman–Crippen LogP) is 5.03. The van der Waals surface area contributed by atoms with Gasteiger partial charge in [-0.1, -0.05) is 47.1 Å². The van der Waals surface area contributed by atoms with E-state index in [1.165, 1.54) is 5.56 Å². The van der Waals surface area contributed by atoms with Crippen molar-refractivity contribution in [2.24, 2.45) is 5.16 Å². The molecular formula is C20H25NO2. The van der Waals surface area contributed by atoms with Crippen LogP contribution in [0.5, 0.6) is 5.75 Å². The van der Waals surface area contributed by atoms with Gasteiger partial charge in [-0.25, -0.2) is 0 Å². The number of ether oxygens (including phenoxy) is 1. The van der Waals surface area contributed by atoms with Crippen LogP contribution in [-0.2, 0) is 11.4 Å². The molecule has 0 saturated heterocycles. The van der Waals surface area contributed by atoms with Crippen molar-refractivity contribution in [2.45, 2.75) is 47.3 Å². The number of hydrogen-bond donors (Lipinski definition) is 0. The van der Waals surface area contributed by atoms with Crippen molar-refractivity contribution in [3.8, 4) is 5.75 Å². The van der Waals surface area contributed by atoms with Gasteiger partial charge in [-0.2, -0.15) is 0 Å². The Morgan fingerprint density at radius 1 is 1.04 bits per heavy atom. The van der Waals surface area contributed by atoms with Crippen LogP contribution in [0.2, 0.25) is 0 Å². The average Bonchev–Trinajstić information content (AvgIpc) is 2.51. The first-order valence-electron chi connectivity index (χ1n) is 7.95. The minimum Gasteiger partial charge on any atom is -0.491 e. The quantitative estimate of drug-likeness (QED) is 0.553. The van der Waals surface area contributed by atoms with Gasteiger partial charge in [0.2, 0.25) is 0 Å². The third-order valence-electron chi connectivity index (χ3n) is 3.52. The highest BCUT2D eigenvalue weighted by atomic mass is 16.6. The van der Waals surface area contributed by atoms with E-state index in [-0.39, 0.29) is 6.10 Å². The molecule has 0 saturated carbocycles. The molecule has 0 aliphatic heterocycles. The van der Waals surface area contributed by atoms with Crippen molar-refractivity contribution in [3.05, 3.63) is 64.7 Å². The van der Waals surface area contributed by atoms with Gasteiger partial charge in [-0.05, 0) is 51.8 Å². The molecule has 0 heterocycles. The largest absolute Gasteiger partial charge is 0.491 e. The second-order valence-corrected chi connectivity index (χ2v) is 6.08. The van der Waals surface area contributed by atoms with Crippen molar-refractivity contribution in [1.82, 2.24) is 0 Å². The highest BCUT2D eigenvalue weighted by Crippen LogP contribution is 2.21. The first kappa shape index (κ1) is 17.1. The van der Waals surface area contributed by atoms with Crippen molar-refractivity contribution < 1.29 is 9.57 Å². The maximum Gasteiger partial charge on any atom is 0.142 e. The van der Waals surface area contributed by atoms with E-state index in [1.807, 2.05) is 45.9 Å². The Morgan fingerprint density at radius 3 is 2.39 bits per heavy atom. The van der Waals surface area contributed by atoms with Gasteiger partial charge in [0.15, 0.2) is 0 Å². The molecule has 23 heavy (non-hydrogen) atoms. The summed E-state index contributed by atoms with van der Waals surface area (Å²) < 4.78 is 5.82. The molecular weight excluding hydrogens is 286 g/mol. The Kier molecular flexibility index (Phi) is 5.80. The van der Waals surface area contributed by atoms with E-state index in [2.05, 4.69) is 36.3 Å². The Hall–Kier alpha value is -2.29.